The molecule has 0 fully saturated rings. The van der Waals surface area contributed by atoms with Crippen molar-refractivity contribution in [2.24, 2.45) is 0 Å². The van der Waals surface area contributed by atoms with Crippen LogP contribution in [0.5, 0.6) is 0 Å². The maximum Gasteiger partial charge on any atom is 2.00 e. The molecule has 5 heavy (non-hydrogen) atoms. The summed E-state index contributed by atoms with van der Waals surface area (Å²) < 4.78 is 0. The van der Waals surface area contributed by atoms with Gasteiger partial charge in [0.05, 0.1) is 0 Å². The van der Waals surface area contributed by atoms with Crippen molar-refractivity contribution in [1.82, 2.24) is 0 Å². The molecule has 0 bridgehead atoms. The van der Waals surface area contributed by atoms with Gasteiger partial charge >= 0.3 is 52.6 Å². The maximum absolute atomic E-state index is 4.64. The van der Waals surface area contributed by atoms with Crippen molar-refractivity contribution in [2.75, 3.05) is 0 Å². The van der Waals surface area contributed by atoms with E-state index in [1.165, 1.54) is 0 Å². The Hall–Kier alpha value is 2.63. The van der Waals surface area contributed by atoms with E-state index < -0.39 is 0 Å². The van der Waals surface area contributed by atoms with E-state index in [-0.39, 0.29) is 75.4 Å². The first kappa shape index (κ1) is 25.4. The monoisotopic (exact) mass is 143 g/mol. The smallest absolute Gasteiger partial charge is 1.00 e. The van der Waals surface area contributed by atoms with Crippen LogP contribution in [-0.4, -0.2) is 40.6 Å². The zero-order valence-electron chi connectivity index (χ0n) is 6.73. The molecule has 0 saturated carbocycles. The molecule has 3 radical (unpaired) electrons. The van der Waals surface area contributed by atoms with Gasteiger partial charge in [0, 0.05) is 26.0 Å². The second kappa shape index (κ2) is 30.4. The molecule has 0 spiro atoms. The van der Waals surface area contributed by atoms with Gasteiger partial charge in [-0.15, -0.1) is 0 Å². The summed E-state index contributed by atoms with van der Waals surface area (Å²) in [5.41, 5.74) is 0. The Morgan fingerprint density at radius 3 is 1.40 bits per heavy atom. The minimum Gasteiger partial charge on any atom is -1.00 e. The topological polar surface area (TPSA) is 0 Å². The Balaban J connectivity index is -0.000000000333. The number of rotatable bonds is 0. The molecule has 5 heteroatoms. The molecule has 0 aliphatic carbocycles. The van der Waals surface area contributed by atoms with Crippen LogP contribution in [-0.2, 0) is 18.6 Å². The minimum atomic E-state index is 0. The third-order valence-electron chi connectivity index (χ3n) is 0. The zero-order chi connectivity index (χ0) is 2.00. The SMILES string of the molecule is [B][SiH3].[H-].[H-].[H-].[Mg+2].[Na+].[V]. The minimum absolute atomic E-state index is 0. The van der Waals surface area contributed by atoms with Crippen LogP contribution in [0, 0.1) is 0 Å². The predicted molar refractivity (Wildman–Crippen MR) is 24.8 cm³/mol. The second-order valence-electron chi connectivity index (χ2n) is 0. The summed E-state index contributed by atoms with van der Waals surface area (Å²) in [5.74, 6) is 0. The average Bonchev–Trinajstić information content (AvgIpc) is 1.00. The van der Waals surface area contributed by atoms with E-state index >= 15 is 0 Å². The Morgan fingerprint density at radius 2 is 1.40 bits per heavy atom. The molecule has 0 aliphatic heterocycles. The molecule has 0 amide bonds. The molecular weight excluding hydrogens is 137 g/mol. The Labute approximate surface area is 91.8 Å². The quantitative estimate of drug-likeness (QED) is 0.299. The van der Waals surface area contributed by atoms with Gasteiger partial charge in [-0.05, 0) is 10.1 Å². The van der Waals surface area contributed by atoms with Crippen molar-refractivity contribution in [3.05, 3.63) is 0 Å². The van der Waals surface area contributed by atoms with Gasteiger partial charge < -0.3 is 4.28 Å². The van der Waals surface area contributed by atoms with Gasteiger partial charge in [0.1, 0.15) is 0 Å². The summed E-state index contributed by atoms with van der Waals surface area (Å²) in [6.07, 6.45) is 0. The van der Waals surface area contributed by atoms with E-state index in [0.717, 1.165) is 10.1 Å². The Morgan fingerprint density at radius 1 is 1.40 bits per heavy atom. The van der Waals surface area contributed by atoms with Gasteiger partial charge in [0.2, 0.25) is 0 Å². The fourth-order valence-electron chi connectivity index (χ4n) is 0. The molecule has 0 atom stereocenters. The standard InChI is InChI=1S/BH3Si.Mg.Na.V.3H/c1-2;;;;;;/h2H3;;;;;;/q;+2;+1;;3*-1. The van der Waals surface area contributed by atoms with Crippen LogP contribution in [0.1, 0.15) is 4.28 Å². The van der Waals surface area contributed by atoms with Crippen LogP contribution in [0.3, 0.4) is 0 Å². The third kappa shape index (κ3) is 20.5. The van der Waals surface area contributed by atoms with Gasteiger partial charge in [-0.25, -0.2) is 0 Å². The van der Waals surface area contributed by atoms with Gasteiger partial charge in [-0.3, -0.25) is 0 Å². The van der Waals surface area contributed by atoms with Crippen LogP contribution < -0.4 is 29.6 Å². The van der Waals surface area contributed by atoms with Gasteiger partial charge in [0.25, 0.3) is 0 Å². The number of hydrogen-bond acceptors (Lipinski definition) is 0. The summed E-state index contributed by atoms with van der Waals surface area (Å²) in [7, 11) is 5.44. The van der Waals surface area contributed by atoms with Gasteiger partial charge in [-0.2, -0.15) is 0 Å². The summed E-state index contributed by atoms with van der Waals surface area (Å²) in [5, 5.41) is 0. The zero-order valence-corrected chi connectivity index (χ0v) is 10.5. The van der Waals surface area contributed by atoms with E-state index in [2.05, 4.69) is 7.44 Å². The van der Waals surface area contributed by atoms with Crippen molar-refractivity contribution in [3.63, 3.8) is 0 Å². The molecule has 0 aromatic heterocycles. The van der Waals surface area contributed by atoms with Crippen LogP contribution >= 0.6 is 0 Å². The van der Waals surface area contributed by atoms with Crippen LogP contribution in [0.2, 0.25) is 0 Å². The first-order valence-corrected chi connectivity index (χ1v) is 1.73. The molecule has 21 valence electrons. The summed E-state index contributed by atoms with van der Waals surface area (Å²) >= 11 is 0. The molecular formula is H6BMgNaSiV. The Bertz CT molecular complexity index is 19.2. The molecule has 0 aromatic rings. The van der Waals surface area contributed by atoms with Crippen molar-refractivity contribution in [1.29, 1.82) is 0 Å². The van der Waals surface area contributed by atoms with Gasteiger partial charge in [-0.1, -0.05) is 0 Å². The fraction of sp³-hybridized carbons (Fsp3) is 0. The van der Waals surface area contributed by atoms with Crippen LogP contribution in [0.25, 0.3) is 0 Å². The molecule has 0 rings (SSSR count). The van der Waals surface area contributed by atoms with Crippen LogP contribution in [0.4, 0.5) is 0 Å². The van der Waals surface area contributed by atoms with Crippen molar-refractivity contribution in [3.8, 4) is 0 Å². The third-order valence-corrected chi connectivity index (χ3v) is 0. The molecule has 0 aliphatic rings. The predicted octanol–water partition coefficient (Wildman–Crippen LogP) is -4.61. The summed E-state index contributed by atoms with van der Waals surface area (Å²) in [6, 6.07) is 0. The van der Waals surface area contributed by atoms with Crippen LogP contribution in [0.15, 0.2) is 0 Å². The first-order valence-electron chi connectivity index (χ1n) is 0.577. The fourth-order valence-corrected chi connectivity index (χ4v) is 0. The maximum atomic E-state index is 4.64. The molecule has 0 aromatic carbocycles. The van der Waals surface area contributed by atoms with E-state index in [1.807, 2.05) is 0 Å². The van der Waals surface area contributed by atoms with E-state index in [1.54, 1.807) is 0 Å². The van der Waals surface area contributed by atoms with Crippen molar-refractivity contribution >= 4 is 40.6 Å². The molecule has 0 heterocycles. The van der Waals surface area contributed by atoms with E-state index in [4.69, 9.17) is 0 Å². The largest absolute Gasteiger partial charge is 2.00 e. The molecule has 0 unspecified atom stereocenters. The Kier molecular flexibility index (Phi) is 155. The van der Waals surface area contributed by atoms with Crippen molar-refractivity contribution in [2.45, 2.75) is 0 Å². The normalized spacial score (nSPS) is 1.60. The van der Waals surface area contributed by atoms with Gasteiger partial charge in [0.15, 0.2) is 0 Å². The van der Waals surface area contributed by atoms with E-state index in [0.29, 0.717) is 0 Å². The second-order valence-corrected chi connectivity index (χ2v) is 0. The molecule has 0 nitrogen and oxygen atoms in total. The van der Waals surface area contributed by atoms with E-state index in [9.17, 15) is 0 Å². The molecule has 0 saturated heterocycles. The first-order chi connectivity index (χ1) is 1.00. The molecule has 0 N–H and O–H groups in total. The summed E-state index contributed by atoms with van der Waals surface area (Å²) in [6.45, 7) is 0. The number of hydrogen-bond donors (Lipinski definition) is 0. The average molecular weight is 143 g/mol. The summed E-state index contributed by atoms with van der Waals surface area (Å²) in [4.78, 5) is 0. The van der Waals surface area contributed by atoms with Crippen molar-refractivity contribution < 1.29 is 52.4 Å².